The van der Waals surface area contributed by atoms with Gasteiger partial charge in [0.05, 0.1) is 5.52 Å². The molecule has 110 valence electrons. The molecule has 0 saturated carbocycles. The molecule has 0 spiro atoms. The molecule has 5 heteroatoms. The van der Waals surface area contributed by atoms with Crippen LogP contribution in [0.25, 0.3) is 10.9 Å². The number of hydrogen-bond acceptors (Lipinski definition) is 3. The summed E-state index contributed by atoms with van der Waals surface area (Å²) in [4.78, 5) is 15.5. The molecule has 2 aromatic carbocycles. The quantitative estimate of drug-likeness (QED) is 0.744. The van der Waals surface area contributed by atoms with E-state index in [0.717, 1.165) is 28.0 Å². The molecule has 0 atom stereocenters. The van der Waals surface area contributed by atoms with Crippen molar-refractivity contribution in [3.63, 3.8) is 0 Å². The van der Waals surface area contributed by atoms with Crippen LogP contribution in [0.4, 0.5) is 17.1 Å². The number of hydrogen-bond donors (Lipinski definition) is 2. The highest BCUT2D eigenvalue weighted by Gasteiger charge is 2.04. The summed E-state index contributed by atoms with van der Waals surface area (Å²) in [5, 5.41) is 7.71. The van der Waals surface area contributed by atoms with E-state index >= 15 is 0 Å². The van der Waals surface area contributed by atoms with E-state index in [1.807, 2.05) is 48.5 Å². The molecule has 0 bridgehead atoms. The number of halogens is 1. The van der Waals surface area contributed by atoms with Gasteiger partial charge in [0.2, 0.25) is 5.91 Å². The lowest BCUT2D eigenvalue weighted by atomic mass is 10.1. The lowest BCUT2D eigenvalue weighted by molar-refractivity contribution is -0.114. The second-order valence-electron chi connectivity index (χ2n) is 4.91. The van der Waals surface area contributed by atoms with Gasteiger partial charge in [0.15, 0.2) is 0 Å². The van der Waals surface area contributed by atoms with E-state index in [1.165, 1.54) is 6.92 Å². The molecule has 0 unspecified atom stereocenters. The Morgan fingerprint density at radius 2 is 1.91 bits per heavy atom. The van der Waals surface area contributed by atoms with Crippen molar-refractivity contribution >= 4 is 45.5 Å². The van der Waals surface area contributed by atoms with Crippen LogP contribution in [0.2, 0.25) is 5.02 Å². The van der Waals surface area contributed by atoms with Crippen LogP contribution in [0.15, 0.2) is 54.7 Å². The number of aromatic nitrogens is 1. The summed E-state index contributed by atoms with van der Waals surface area (Å²) < 4.78 is 0. The van der Waals surface area contributed by atoms with Gasteiger partial charge in [-0.05, 0) is 42.5 Å². The third-order valence-electron chi connectivity index (χ3n) is 3.17. The van der Waals surface area contributed by atoms with Crippen LogP contribution < -0.4 is 10.6 Å². The summed E-state index contributed by atoms with van der Waals surface area (Å²) in [6, 6.07) is 15.0. The fourth-order valence-electron chi connectivity index (χ4n) is 2.26. The predicted molar refractivity (Wildman–Crippen MR) is 90.8 cm³/mol. The average Bonchev–Trinajstić information content (AvgIpc) is 2.47. The molecule has 2 N–H and O–H groups in total. The number of benzene rings is 2. The van der Waals surface area contributed by atoms with Crippen molar-refractivity contribution in [3.05, 3.63) is 59.8 Å². The van der Waals surface area contributed by atoms with E-state index in [-0.39, 0.29) is 5.91 Å². The molecule has 1 amide bonds. The summed E-state index contributed by atoms with van der Waals surface area (Å²) >= 11 is 6.07. The molecule has 3 rings (SSSR count). The van der Waals surface area contributed by atoms with Gasteiger partial charge in [-0.2, -0.15) is 0 Å². The van der Waals surface area contributed by atoms with Gasteiger partial charge >= 0.3 is 0 Å². The molecule has 1 heterocycles. The highest BCUT2D eigenvalue weighted by Crippen LogP contribution is 2.28. The molecule has 1 aromatic heterocycles. The van der Waals surface area contributed by atoms with Crippen molar-refractivity contribution in [2.45, 2.75) is 6.92 Å². The molecular formula is C17H14ClN3O. The van der Waals surface area contributed by atoms with Gasteiger partial charge in [-0.15, -0.1) is 0 Å². The third-order valence-corrected chi connectivity index (χ3v) is 3.40. The summed E-state index contributed by atoms with van der Waals surface area (Å²) in [6.07, 6.45) is 1.75. The van der Waals surface area contributed by atoms with Crippen molar-refractivity contribution in [3.8, 4) is 0 Å². The van der Waals surface area contributed by atoms with E-state index in [1.54, 1.807) is 6.20 Å². The van der Waals surface area contributed by atoms with Crippen LogP contribution in [0, 0.1) is 0 Å². The first-order valence-electron chi connectivity index (χ1n) is 6.81. The van der Waals surface area contributed by atoms with E-state index in [0.29, 0.717) is 5.02 Å². The monoisotopic (exact) mass is 311 g/mol. The summed E-state index contributed by atoms with van der Waals surface area (Å²) in [6.45, 7) is 1.48. The van der Waals surface area contributed by atoms with Crippen LogP contribution >= 0.6 is 11.6 Å². The van der Waals surface area contributed by atoms with Crippen molar-refractivity contribution in [2.24, 2.45) is 0 Å². The predicted octanol–water partition coefficient (Wildman–Crippen LogP) is 4.59. The van der Waals surface area contributed by atoms with Gasteiger partial charge in [-0.3, -0.25) is 9.78 Å². The number of nitrogens with zero attached hydrogens (tertiary/aromatic N) is 1. The largest absolute Gasteiger partial charge is 0.355 e. The Labute approximate surface area is 133 Å². The maximum absolute atomic E-state index is 11.1. The Morgan fingerprint density at radius 3 is 2.73 bits per heavy atom. The molecule has 4 nitrogen and oxygen atoms in total. The van der Waals surface area contributed by atoms with Crippen LogP contribution in [0.1, 0.15) is 6.92 Å². The topological polar surface area (TPSA) is 54.0 Å². The van der Waals surface area contributed by atoms with Crippen LogP contribution in [-0.2, 0) is 4.79 Å². The highest BCUT2D eigenvalue weighted by atomic mass is 35.5. The van der Waals surface area contributed by atoms with Crippen LogP contribution in [-0.4, -0.2) is 10.9 Å². The lowest BCUT2D eigenvalue weighted by Crippen LogP contribution is -2.05. The molecule has 0 aliphatic carbocycles. The molecule has 0 radical (unpaired) electrons. The first kappa shape index (κ1) is 14.4. The Balaban J connectivity index is 1.96. The van der Waals surface area contributed by atoms with Crippen molar-refractivity contribution in [1.29, 1.82) is 0 Å². The van der Waals surface area contributed by atoms with E-state index in [9.17, 15) is 4.79 Å². The Bertz CT molecular complexity index is 848. The fourth-order valence-corrected chi connectivity index (χ4v) is 2.43. The minimum atomic E-state index is -0.0988. The number of carbonyl (C=O) groups is 1. The smallest absolute Gasteiger partial charge is 0.221 e. The molecule has 3 aromatic rings. The summed E-state index contributed by atoms with van der Waals surface area (Å²) in [5.74, 6) is -0.0988. The van der Waals surface area contributed by atoms with Gasteiger partial charge in [0.1, 0.15) is 0 Å². The van der Waals surface area contributed by atoms with Crippen molar-refractivity contribution < 1.29 is 4.79 Å². The van der Waals surface area contributed by atoms with E-state index in [4.69, 9.17) is 11.6 Å². The fraction of sp³-hybridized carbons (Fsp3) is 0.0588. The molecule has 0 aliphatic heterocycles. The maximum Gasteiger partial charge on any atom is 0.221 e. The van der Waals surface area contributed by atoms with Gasteiger partial charge in [0, 0.05) is 40.6 Å². The zero-order valence-corrected chi connectivity index (χ0v) is 12.7. The molecular weight excluding hydrogens is 298 g/mol. The first-order valence-corrected chi connectivity index (χ1v) is 7.18. The summed E-state index contributed by atoms with van der Waals surface area (Å²) in [5.41, 5.74) is 3.40. The minimum Gasteiger partial charge on any atom is -0.355 e. The standard InChI is InChI=1S/C17H14ClN3O/c1-11(22)20-13-3-2-4-14(10-13)21-17-7-8-19-16-6-5-12(18)9-15(16)17/h2-10H,1H3,(H,19,21)(H,20,22). The first-order chi connectivity index (χ1) is 10.6. The third kappa shape index (κ3) is 3.18. The van der Waals surface area contributed by atoms with Gasteiger partial charge < -0.3 is 10.6 Å². The number of rotatable bonds is 3. The van der Waals surface area contributed by atoms with Crippen LogP contribution in [0.5, 0.6) is 0 Å². The van der Waals surface area contributed by atoms with Crippen LogP contribution in [0.3, 0.4) is 0 Å². The van der Waals surface area contributed by atoms with Crippen molar-refractivity contribution in [1.82, 2.24) is 4.98 Å². The minimum absolute atomic E-state index is 0.0988. The SMILES string of the molecule is CC(=O)Nc1cccc(Nc2ccnc3ccc(Cl)cc23)c1. The van der Waals surface area contributed by atoms with Gasteiger partial charge in [0.25, 0.3) is 0 Å². The van der Waals surface area contributed by atoms with E-state index < -0.39 is 0 Å². The maximum atomic E-state index is 11.1. The number of carbonyl (C=O) groups excluding carboxylic acids is 1. The number of pyridine rings is 1. The lowest BCUT2D eigenvalue weighted by Gasteiger charge is -2.11. The number of nitrogens with one attached hydrogen (secondary N) is 2. The number of fused-ring (bicyclic) bond motifs is 1. The molecule has 22 heavy (non-hydrogen) atoms. The second kappa shape index (κ2) is 6.03. The molecule has 0 saturated heterocycles. The molecule has 0 fully saturated rings. The van der Waals surface area contributed by atoms with Gasteiger partial charge in [-0.25, -0.2) is 0 Å². The Morgan fingerprint density at radius 1 is 1.09 bits per heavy atom. The average molecular weight is 312 g/mol. The number of amides is 1. The summed E-state index contributed by atoms with van der Waals surface area (Å²) in [7, 11) is 0. The molecule has 0 aliphatic rings. The second-order valence-corrected chi connectivity index (χ2v) is 5.34. The Kier molecular flexibility index (Phi) is 3.94. The van der Waals surface area contributed by atoms with E-state index in [2.05, 4.69) is 15.6 Å². The zero-order chi connectivity index (χ0) is 15.5. The zero-order valence-electron chi connectivity index (χ0n) is 11.9. The van der Waals surface area contributed by atoms with Gasteiger partial charge in [-0.1, -0.05) is 17.7 Å². The normalized spacial score (nSPS) is 10.5. The Hall–Kier alpha value is -2.59. The number of anilines is 3. The highest BCUT2D eigenvalue weighted by molar-refractivity contribution is 6.31. The van der Waals surface area contributed by atoms with Crippen molar-refractivity contribution in [2.75, 3.05) is 10.6 Å².